The molecule has 0 aromatic heterocycles. The SMILES string of the molecule is CCC(CC[C@@H](C)[C@H]1CC[C@H]2[C@@H]3C(O)C=C4CC(O)CC[C@]4(C)[C@H]3CC[C@]12C)C(C)C. The lowest BCUT2D eigenvalue weighted by atomic mass is 9.46. The standard InChI is InChI=1S/C29H50O2/c1-7-20(18(2)3)9-8-19(4)23-10-11-24-27-25(13-15-29(23,24)6)28(5)14-12-22(30)16-21(28)17-26(27)31/h17-20,22-27,30-31H,7-16H2,1-6H3/t19-,20?,22?,23-,24+,25+,26?,27+,28+,29-/m1/s1. The Morgan fingerprint density at radius 2 is 1.71 bits per heavy atom. The van der Waals surface area contributed by atoms with E-state index in [2.05, 4.69) is 47.6 Å². The van der Waals surface area contributed by atoms with Gasteiger partial charge in [-0.25, -0.2) is 0 Å². The van der Waals surface area contributed by atoms with Crippen molar-refractivity contribution in [1.82, 2.24) is 0 Å². The van der Waals surface area contributed by atoms with Gasteiger partial charge in [-0.1, -0.05) is 66.0 Å². The van der Waals surface area contributed by atoms with E-state index in [4.69, 9.17) is 0 Å². The number of aliphatic hydroxyl groups is 2. The zero-order valence-corrected chi connectivity index (χ0v) is 21.2. The molecule has 4 aliphatic carbocycles. The molecule has 4 aliphatic rings. The summed E-state index contributed by atoms with van der Waals surface area (Å²) in [5.74, 6) is 4.99. The summed E-state index contributed by atoms with van der Waals surface area (Å²) in [4.78, 5) is 0. The summed E-state index contributed by atoms with van der Waals surface area (Å²) in [5, 5.41) is 21.6. The minimum atomic E-state index is -0.303. The van der Waals surface area contributed by atoms with Gasteiger partial charge in [-0.15, -0.1) is 0 Å². The van der Waals surface area contributed by atoms with Crippen LogP contribution in [0.1, 0.15) is 106 Å². The van der Waals surface area contributed by atoms with Crippen LogP contribution in [0.2, 0.25) is 0 Å². The molecule has 0 aromatic carbocycles. The van der Waals surface area contributed by atoms with Crippen molar-refractivity contribution in [3.63, 3.8) is 0 Å². The van der Waals surface area contributed by atoms with Crippen LogP contribution in [0.3, 0.4) is 0 Å². The fourth-order valence-electron chi connectivity index (χ4n) is 9.29. The van der Waals surface area contributed by atoms with Gasteiger partial charge in [0.2, 0.25) is 0 Å². The van der Waals surface area contributed by atoms with Gasteiger partial charge >= 0.3 is 0 Å². The van der Waals surface area contributed by atoms with E-state index >= 15 is 0 Å². The number of fused-ring (bicyclic) bond motifs is 5. The van der Waals surface area contributed by atoms with Crippen LogP contribution in [0.15, 0.2) is 11.6 Å². The van der Waals surface area contributed by atoms with Gasteiger partial charge < -0.3 is 10.2 Å². The Morgan fingerprint density at radius 3 is 2.39 bits per heavy atom. The summed E-state index contributed by atoms with van der Waals surface area (Å²) in [6.45, 7) is 14.7. The van der Waals surface area contributed by atoms with Gasteiger partial charge in [-0.3, -0.25) is 0 Å². The Bertz CT molecular complexity index is 668. The van der Waals surface area contributed by atoms with Crippen molar-refractivity contribution in [2.45, 2.75) is 118 Å². The molecule has 0 aromatic rings. The Morgan fingerprint density at radius 1 is 0.968 bits per heavy atom. The third kappa shape index (κ3) is 3.96. The minimum Gasteiger partial charge on any atom is -0.393 e. The Balaban J connectivity index is 1.52. The van der Waals surface area contributed by atoms with E-state index in [9.17, 15) is 10.2 Å². The molecule has 0 radical (unpaired) electrons. The number of rotatable bonds is 6. The third-order valence-electron chi connectivity index (χ3n) is 11.3. The van der Waals surface area contributed by atoms with Crippen LogP contribution in [0, 0.1) is 52.3 Å². The zero-order chi connectivity index (χ0) is 22.6. The van der Waals surface area contributed by atoms with Crippen LogP contribution in [0.4, 0.5) is 0 Å². The number of hydrogen-bond acceptors (Lipinski definition) is 2. The first-order chi connectivity index (χ1) is 14.6. The molecule has 3 fully saturated rings. The van der Waals surface area contributed by atoms with Gasteiger partial charge in [0.05, 0.1) is 12.2 Å². The van der Waals surface area contributed by atoms with Crippen molar-refractivity contribution in [2.24, 2.45) is 52.3 Å². The van der Waals surface area contributed by atoms with E-state index in [0.29, 0.717) is 23.2 Å². The average Bonchev–Trinajstić information content (AvgIpc) is 3.06. The molecule has 2 N–H and O–H groups in total. The lowest BCUT2D eigenvalue weighted by molar-refractivity contribution is -0.0972. The largest absolute Gasteiger partial charge is 0.393 e. The van der Waals surface area contributed by atoms with Gasteiger partial charge in [-0.05, 0) is 104 Å². The van der Waals surface area contributed by atoms with Crippen molar-refractivity contribution in [2.75, 3.05) is 0 Å². The first kappa shape index (κ1) is 23.8. The van der Waals surface area contributed by atoms with Crippen molar-refractivity contribution < 1.29 is 10.2 Å². The summed E-state index contributed by atoms with van der Waals surface area (Å²) in [6.07, 6.45) is 13.9. The van der Waals surface area contributed by atoms with Gasteiger partial charge in [0, 0.05) is 0 Å². The number of hydrogen-bond donors (Lipinski definition) is 2. The highest BCUT2D eigenvalue weighted by Crippen LogP contribution is 2.67. The fraction of sp³-hybridized carbons (Fsp3) is 0.931. The van der Waals surface area contributed by atoms with Crippen molar-refractivity contribution in [3.05, 3.63) is 11.6 Å². The summed E-state index contributed by atoms with van der Waals surface area (Å²) < 4.78 is 0. The molecular weight excluding hydrogens is 380 g/mol. The van der Waals surface area contributed by atoms with Crippen molar-refractivity contribution in [3.8, 4) is 0 Å². The quantitative estimate of drug-likeness (QED) is 0.446. The van der Waals surface area contributed by atoms with E-state index in [1.165, 1.54) is 50.5 Å². The van der Waals surface area contributed by atoms with E-state index in [1.54, 1.807) is 0 Å². The lowest BCUT2D eigenvalue weighted by Crippen LogP contribution is -2.54. The molecule has 0 bridgehead atoms. The topological polar surface area (TPSA) is 40.5 Å². The van der Waals surface area contributed by atoms with E-state index in [0.717, 1.165) is 42.9 Å². The van der Waals surface area contributed by atoms with Crippen LogP contribution >= 0.6 is 0 Å². The summed E-state index contributed by atoms with van der Waals surface area (Å²) in [5.41, 5.74) is 1.97. The molecule has 3 unspecified atom stereocenters. The molecule has 10 atom stereocenters. The predicted octanol–water partition coefficient (Wildman–Crippen LogP) is 7.00. The molecule has 0 aliphatic heterocycles. The maximum Gasteiger partial charge on any atom is 0.0757 e. The lowest BCUT2D eigenvalue weighted by Gasteiger charge is -2.59. The Labute approximate surface area is 192 Å². The van der Waals surface area contributed by atoms with Gasteiger partial charge in [0.1, 0.15) is 0 Å². The Hall–Kier alpha value is -0.340. The first-order valence-electron chi connectivity index (χ1n) is 13.7. The summed E-state index contributed by atoms with van der Waals surface area (Å²) in [6, 6.07) is 0. The normalized spacial score (nSPS) is 46.7. The second-order valence-corrected chi connectivity index (χ2v) is 13.0. The van der Waals surface area contributed by atoms with Gasteiger partial charge in [-0.2, -0.15) is 0 Å². The second kappa shape index (κ2) is 8.79. The molecule has 2 nitrogen and oxygen atoms in total. The van der Waals surface area contributed by atoms with Crippen molar-refractivity contribution in [1.29, 1.82) is 0 Å². The summed E-state index contributed by atoms with van der Waals surface area (Å²) >= 11 is 0. The highest BCUT2D eigenvalue weighted by molar-refractivity contribution is 5.27. The average molecular weight is 431 g/mol. The zero-order valence-electron chi connectivity index (χ0n) is 21.2. The van der Waals surface area contributed by atoms with Crippen molar-refractivity contribution >= 4 is 0 Å². The maximum absolute atomic E-state index is 11.3. The minimum absolute atomic E-state index is 0.202. The molecule has 0 spiro atoms. The highest BCUT2D eigenvalue weighted by Gasteiger charge is 2.61. The maximum atomic E-state index is 11.3. The van der Waals surface area contributed by atoms with E-state index in [1.807, 2.05) is 0 Å². The van der Waals surface area contributed by atoms with Crippen LogP contribution in [-0.4, -0.2) is 22.4 Å². The second-order valence-electron chi connectivity index (χ2n) is 13.0. The molecule has 0 amide bonds. The molecule has 0 heterocycles. The molecular formula is C29H50O2. The van der Waals surface area contributed by atoms with Crippen LogP contribution in [-0.2, 0) is 0 Å². The number of aliphatic hydroxyl groups excluding tert-OH is 2. The highest BCUT2D eigenvalue weighted by atomic mass is 16.3. The van der Waals surface area contributed by atoms with Crippen LogP contribution < -0.4 is 0 Å². The van der Waals surface area contributed by atoms with E-state index < -0.39 is 0 Å². The monoisotopic (exact) mass is 430 g/mol. The van der Waals surface area contributed by atoms with Crippen LogP contribution in [0.5, 0.6) is 0 Å². The van der Waals surface area contributed by atoms with Gasteiger partial charge in [0.15, 0.2) is 0 Å². The fourth-order valence-corrected chi connectivity index (χ4v) is 9.29. The molecule has 0 saturated heterocycles. The molecule has 178 valence electrons. The predicted molar refractivity (Wildman–Crippen MR) is 130 cm³/mol. The van der Waals surface area contributed by atoms with E-state index in [-0.39, 0.29) is 17.6 Å². The smallest absolute Gasteiger partial charge is 0.0757 e. The molecule has 2 heteroatoms. The Kier molecular flexibility index (Phi) is 6.75. The first-order valence-corrected chi connectivity index (χ1v) is 13.7. The third-order valence-corrected chi connectivity index (χ3v) is 11.3. The molecule has 4 rings (SSSR count). The molecule has 3 saturated carbocycles. The van der Waals surface area contributed by atoms with Gasteiger partial charge in [0.25, 0.3) is 0 Å². The van der Waals surface area contributed by atoms with Crippen LogP contribution in [0.25, 0.3) is 0 Å². The molecule has 31 heavy (non-hydrogen) atoms. The summed E-state index contributed by atoms with van der Waals surface area (Å²) in [7, 11) is 0.